The van der Waals surface area contributed by atoms with Crippen molar-refractivity contribution in [2.45, 2.75) is 45.8 Å². The molecule has 164 valence electrons. The zero-order valence-electron chi connectivity index (χ0n) is 17.6. The van der Waals surface area contributed by atoms with Crippen LogP contribution < -0.4 is 10.9 Å². The fourth-order valence-electron chi connectivity index (χ4n) is 2.44. The summed E-state index contributed by atoms with van der Waals surface area (Å²) in [6.07, 6.45) is 1.39. The lowest BCUT2D eigenvalue weighted by atomic mass is 10.1. The number of fused-ring (bicyclic) bond motifs is 1. The van der Waals surface area contributed by atoms with Crippen molar-refractivity contribution < 1.29 is 23.5 Å². The molecule has 1 amide bonds. The summed E-state index contributed by atoms with van der Waals surface area (Å²) in [5, 5.41) is 4.40. The van der Waals surface area contributed by atoms with Gasteiger partial charge in [-0.15, -0.1) is 0 Å². The number of amides is 1. The lowest BCUT2D eigenvalue weighted by Gasteiger charge is -2.21. The normalized spacial score (nSPS) is 11.8. The summed E-state index contributed by atoms with van der Waals surface area (Å²) in [6, 6.07) is 6.06. The first-order valence-corrected chi connectivity index (χ1v) is 9.54. The van der Waals surface area contributed by atoms with E-state index in [1.807, 2.05) is 12.1 Å². The van der Waals surface area contributed by atoms with Crippen molar-refractivity contribution in [1.29, 1.82) is 0 Å². The van der Waals surface area contributed by atoms with Gasteiger partial charge in [-0.25, -0.2) is 4.39 Å². The number of esters is 1. The van der Waals surface area contributed by atoms with Gasteiger partial charge in [0.05, 0.1) is 6.42 Å². The number of halogens is 2. The molecule has 1 atom stereocenters. The van der Waals surface area contributed by atoms with Crippen LogP contribution in [0.5, 0.6) is 0 Å². The van der Waals surface area contributed by atoms with Gasteiger partial charge in [-0.2, -0.15) is 0 Å². The molecule has 0 aliphatic carbocycles. The van der Waals surface area contributed by atoms with Crippen LogP contribution in [0.3, 0.4) is 0 Å². The number of ether oxygens (including phenoxy) is 1. The zero-order chi connectivity index (χ0) is 23.1. The molecule has 0 aliphatic rings. The molecule has 1 unspecified atom stereocenters. The summed E-state index contributed by atoms with van der Waals surface area (Å²) in [7, 11) is 1.72. The molecule has 30 heavy (non-hydrogen) atoms. The number of nitrogens with one attached hydrogen (secondary N) is 1. The number of nitrogens with zero attached hydrogens (tertiary/aromatic N) is 1. The Morgan fingerprint density at radius 2 is 1.87 bits per heavy atom. The van der Waals surface area contributed by atoms with Gasteiger partial charge < -0.3 is 14.6 Å². The molecule has 0 fully saturated rings. The Morgan fingerprint density at radius 1 is 1.23 bits per heavy atom. The maximum absolute atomic E-state index is 12.2. The van der Waals surface area contributed by atoms with E-state index in [0.717, 1.165) is 5.39 Å². The van der Waals surface area contributed by atoms with E-state index in [4.69, 9.17) is 16.3 Å². The maximum Gasteiger partial charge on any atom is 0.308 e. The van der Waals surface area contributed by atoms with Crippen LogP contribution in [0.1, 0.15) is 34.1 Å². The molecule has 0 radical (unpaired) electrons. The number of carbonyl (C=O) groups excluding carboxylic acids is 3. The smallest absolute Gasteiger partial charge is 0.308 e. The average molecular weight is 441 g/mol. The lowest BCUT2D eigenvalue weighted by Crippen LogP contribution is -2.43. The molecule has 1 aromatic carbocycles. The molecule has 9 heteroatoms. The summed E-state index contributed by atoms with van der Waals surface area (Å²) < 4.78 is 18.7. The maximum atomic E-state index is 12.2. The summed E-state index contributed by atoms with van der Waals surface area (Å²) in [4.78, 5) is 45.0. The molecule has 1 heterocycles. The molecular formula is C21H26ClFN2O5. The van der Waals surface area contributed by atoms with Gasteiger partial charge in [0.25, 0.3) is 5.56 Å². The Kier molecular flexibility index (Phi) is 9.17. The average Bonchev–Trinajstić information content (AvgIpc) is 2.62. The highest BCUT2D eigenvalue weighted by Crippen LogP contribution is 2.15. The Bertz CT molecular complexity index is 976. The third-order valence-corrected chi connectivity index (χ3v) is 3.97. The van der Waals surface area contributed by atoms with Crippen LogP contribution in [0, 0.1) is 0 Å². The number of aryl methyl sites for hydroxylation is 1. The molecule has 0 aliphatic heterocycles. The SMILES string of the molecule is CC(=O)NC(CC(=O)OC(C)(C)C)C(=O)CF.Cn1ccc2ccc(Cl)cc2c1=O. The Morgan fingerprint density at radius 3 is 2.40 bits per heavy atom. The van der Waals surface area contributed by atoms with Gasteiger partial charge in [-0.3, -0.25) is 19.2 Å². The van der Waals surface area contributed by atoms with Crippen molar-refractivity contribution >= 4 is 40.0 Å². The third kappa shape index (κ3) is 8.32. The quantitative estimate of drug-likeness (QED) is 0.721. The van der Waals surface area contributed by atoms with E-state index in [2.05, 4.69) is 5.32 Å². The largest absolute Gasteiger partial charge is 0.460 e. The van der Waals surface area contributed by atoms with Crippen LogP contribution in [0.4, 0.5) is 4.39 Å². The minimum Gasteiger partial charge on any atom is -0.460 e. The van der Waals surface area contributed by atoms with Crippen molar-refractivity contribution in [3.05, 3.63) is 45.8 Å². The highest BCUT2D eigenvalue weighted by Gasteiger charge is 2.25. The van der Waals surface area contributed by atoms with Crippen molar-refractivity contribution in [3.8, 4) is 0 Å². The van der Waals surface area contributed by atoms with E-state index in [0.29, 0.717) is 10.4 Å². The third-order valence-electron chi connectivity index (χ3n) is 3.73. The number of benzene rings is 1. The molecule has 1 aromatic heterocycles. The molecule has 0 spiro atoms. The van der Waals surface area contributed by atoms with E-state index in [1.165, 1.54) is 6.92 Å². The van der Waals surface area contributed by atoms with Crippen molar-refractivity contribution in [1.82, 2.24) is 9.88 Å². The molecule has 2 rings (SSSR count). The molecule has 2 aromatic rings. The number of alkyl halides is 1. The van der Waals surface area contributed by atoms with Gasteiger partial charge in [0.2, 0.25) is 5.91 Å². The van der Waals surface area contributed by atoms with E-state index in [9.17, 15) is 23.6 Å². The van der Waals surface area contributed by atoms with E-state index < -0.39 is 36.0 Å². The van der Waals surface area contributed by atoms with E-state index in [1.54, 1.807) is 50.7 Å². The standard InChI is InChI=1S/C11H18FNO4.C10H8ClNO/c1-7(14)13-8(9(15)6-12)5-10(16)17-11(2,3)4;1-12-5-4-7-2-3-8(11)6-9(7)10(12)13/h8H,5-6H2,1-4H3,(H,13,14);2-6H,1H3. The van der Waals surface area contributed by atoms with Gasteiger partial charge in [0.1, 0.15) is 18.3 Å². The van der Waals surface area contributed by atoms with E-state index in [-0.39, 0.29) is 12.0 Å². The molecule has 1 N–H and O–H groups in total. The topological polar surface area (TPSA) is 94.5 Å². The van der Waals surface area contributed by atoms with Gasteiger partial charge >= 0.3 is 5.97 Å². The Balaban J connectivity index is 0.000000308. The number of Topliss-reactive ketones (excluding diaryl/α,β-unsaturated/α-hetero) is 1. The lowest BCUT2D eigenvalue weighted by molar-refractivity contribution is -0.156. The zero-order valence-corrected chi connectivity index (χ0v) is 18.4. The molecular weight excluding hydrogens is 415 g/mol. The number of rotatable bonds is 5. The first kappa shape index (κ1) is 25.3. The molecule has 0 saturated heterocycles. The summed E-state index contributed by atoms with van der Waals surface area (Å²) >= 11 is 5.79. The Hall–Kier alpha value is -2.74. The monoisotopic (exact) mass is 440 g/mol. The van der Waals surface area contributed by atoms with Crippen LogP contribution in [0.15, 0.2) is 35.3 Å². The van der Waals surface area contributed by atoms with Crippen LogP contribution in [0.25, 0.3) is 10.8 Å². The number of pyridine rings is 1. The van der Waals surface area contributed by atoms with Gasteiger partial charge in [0.15, 0.2) is 5.78 Å². The minimum atomic E-state index is -1.23. The number of hydrogen-bond acceptors (Lipinski definition) is 5. The van der Waals surface area contributed by atoms with Crippen molar-refractivity contribution in [2.75, 3.05) is 6.67 Å². The van der Waals surface area contributed by atoms with Gasteiger partial charge in [0, 0.05) is 30.6 Å². The summed E-state index contributed by atoms with van der Waals surface area (Å²) in [5.41, 5.74) is -0.698. The van der Waals surface area contributed by atoms with Gasteiger partial charge in [-0.05, 0) is 44.4 Å². The number of hydrogen-bond donors (Lipinski definition) is 1. The number of carbonyl (C=O) groups is 3. The second-order valence-electron chi connectivity index (χ2n) is 7.61. The molecule has 7 nitrogen and oxygen atoms in total. The van der Waals surface area contributed by atoms with Crippen LogP contribution in [-0.2, 0) is 26.2 Å². The van der Waals surface area contributed by atoms with Crippen LogP contribution >= 0.6 is 11.6 Å². The fraction of sp³-hybridized carbons (Fsp3) is 0.429. The summed E-state index contributed by atoms with van der Waals surface area (Å²) in [5.74, 6) is -2.00. The minimum absolute atomic E-state index is 0.0139. The van der Waals surface area contributed by atoms with E-state index >= 15 is 0 Å². The second kappa shape index (κ2) is 10.9. The second-order valence-corrected chi connectivity index (χ2v) is 8.04. The number of ketones is 1. The highest BCUT2D eigenvalue weighted by atomic mass is 35.5. The Labute approximate surface area is 179 Å². The highest BCUT2D eigenvalue weighted by molar-refractivity contribution is 6.31. The van der Waals surface area contributed by atoms with Crippen molar-refractivity contribution in [3.63, 3.8) is 0 Å². The van der Waals surface area contributed by atoms with Crippen molar-refractivity contribution in [2.24, 2.45) is 7.05 Å². The first-order chi connectivity index (χ1) is 13.8. The predicted molar refractivity (Wildman–Crippen MR) is 113 cm³/mol. The number of aromatic nitrogens is 1. The molecule has 0 bridgehead atoms. The first-order valence-electron chi connectivity index (χ1n) is 9.16. The summed E-state index contributed by atoms with van der Waals surface area (Å²) in [6.45, 7) is 4.99. The van der Waals surface area contributed by atoms with Gasteiger partial charge in [-0.1, -0.05) is 17.7 Å². The van der Waals surface area contributed by atoms with Crippen LogP contribution in [0.2, 0.25) is 5.02 Å². The molecule has 0 saturated carbocycles. The predicted octanol–water partition coefficient (Wildman–Crippen LogP) is 2.95. The fourth-order valence-corrected chi connectivity index (χ4v) is 2.61. The van der Waals surface area contributed by atoms with Crippen LogP contribution in [-0.4, -0.2) is 40.5 Å².